The molecule has 2 heterocycles. The largest absolute Gasteiger partial charge is 0.493 e. The Morgan fingerprint density at radius 2 is 2.22 bits per heavy atom. The third-order valence-corrected chi connectivity index (χ3v) is 3.74. The van der Waals surface area contributed by atoms with E-state index in [0.29, 0.717) is 29.3 Å². The second kappa shape index (κ2) is 6.17. The predicted molar refractivity (Wildman–Crippen MR) is 88.8 cm³/mol. The van der Waals surface area contributed by atoms with Gasteiger partial charge in [0.25, 0.3) is 0 Å². The van der Waals surface area contributed by atoms with Gasteiger partial charge in [-0.15, -0.1) is 10.2 Å². The fourth-order valence-electron chi connectivity index (χ4n) is 2.31. The zero-order chi connectivity index (χ0) is 16.4. The first kappa shape index (κ1) is 15.2. The monoisotopic (exact) mass is 329 g/mol. The lowest BCUT2D eigenvalue weighted by molar-refractivity contribution is -0.118. The summed E-state index contributed by atoms with van der Waals surface area (Å²) in [7, 11) is 0. The van der Waals surface area contributed by atoms with E-state index in [1.807, 2.05) is 24.3 Å². The van der Waals surface area contributed by atoms with Gasteiger partial charge in [0.05, 0.1) is 11.4 Å². The summed E-state index contributed by atoms with van der Waals surface area (Å²) in [5.74, 6) is -0.121. The number of aromatic amines is 1. The van der Waals surface area contributed by atoms with Crippen LogP contribution in [-0.4, -0.2) is 27.1 Å². The molecule has 3 rings (SSSR count). The quantitative estimate of drug-likeness (QED) is 0.753. The van der Waals surface area contributed by atoms with Gasteiger partial charge < -0.3 is 15.4 Å². The number of benzene rings is 1. The number of amides is 1. The van der Waals surface area contributed by atoms with E-state index in [-0.39, 0.29) is 11.8 Å². The Bertz CT molecular complexity index is 878. The predicted octanol–water partition coefficient (Wildman–Crippen LogP) is 2.98. The molecule has 0 spiro atoms. The van der Waals surface area contributed by atoms with Gasteiger partial charge in [0.2, 0.25) is 11.8 Å². The van der Waals surface area contributed by atoms with Crippen molar-refractivity contribution in [2.45, 2.75) is 13.5 Å². The van der Waals surface area contributed by atoms with E-state index in [1.54, 1.807) is 6.08 Å². The van der Waals surface area contributed by atoms with Crippen molar-refractivity contribution in [3.05, 3.63) is 40.3 Å². The number of hydrogen-bond acceptors (Lipinski definition) is 5. The number of aromatic hydroxyl groups is 1. The van der Waals surface area contributed by atoms with Crippen molar-refractivity contribution in [2.24, 2.45) is 10.2 Å². The van der Waals surface area contributed by atoms with Crippen molar-refractivity contribution in [2.75, 3.05) is 6.54 Å². The smallest absolute Gasteiger partial charge is 0.217 e. The van der Waals surface area contributed by atoms with Crippen molar-refractivity contribution >= 4 is 35.6 Å². The maximum Gasteiger partial charge on any atom is 0.217 e. The molecule has 1 aromatic carbocycles. The van der Waals surface area contributed by atoms with Crippen molar-refractivity contribution < 1.29 is 9.90 Å². The van der Waals surface area contributed by atoms with Crippen LogP contribution in [0.2, 0.25) is 0 Å². The van der Waals surface area contributed by atoms with Gasteiger partial charge in [-0.3, -0.25) is 9.36 Å². The average molecular weight is 329 g/mol. The minimum Gasteiger partial charge on any atom is -0.493 e. The number of carbonyl (C=O) groups excluding carboxylic acids is 1. The maximum absolute atomic E-state index is 10.9. The second-order valence-electron chi connectivity index (χ2n) is 5.05. The minimum absolute atomic E-state index is 0.00688. The van der Waals surface area contributed by atoms with Crippen LogP contribution in [0.3, 0.4) is 0 Å². The van der Waals surface area contributed by atoms with E-state index in [2.05, 4.69) is 20.5 Å². The van der Waals surface area contributed by atoms with Crippen LogP contribution < -0.4 is 5.32 Å². The Hall–Kier alpha value is -2.74. The van der Waals surface area contributed by atoms with Crippen LogP contribution in [-0.2, 0) is 11.3 Å². The molecule has 0 bridgehead atoms. The highest BCUT2D eigenvalue weighted by Gasteiger charge is 2.16. The molecule has 0 radical (unpaired) electrons. The topological polar surface area (TPSA) is 94.8 Å². The van der Waals surface area contributed by atoms with E-state index in [9.17, 15) is 9.90 Å². The maximum atomic E-state index is 10.9. The number of rotatable bonds is 4. The van der Waals surface area contributed by atoms with Crippen molar-refractivity contribution in [1.29, 1.82) is 0 Å². The molecule has 3 N–H and O–H groups in total. The summed E-state index contributed by atoms with van der Waals surface area (Å²) >= 11 is 5.21. The molecular weight excluding hydrogens is 314 g/mol. The Labute approximate surface area is 137 Å². The number of nitrogens with zero attached hydrogens (tertiary/aromatic N) is 3. The molecule has 23 heavy (non-hydrogen) atoms. The SMILES string of the molecule is CC(=O)NCCn1c(O)c(/C=C2\N=Nc3ccccc32)[nH]c1=S. The molecule has 1 aliphatic heterocycles. The number of carbonyl (C=O) groups is 1. The summed E-state index contributed by atoms with van der Waals surface area (Å²) in [6.45, 7) is 2.20. The van der Waals surface area contributed by atoms with Crippen LogP contribution in [0.5, 0.6) is 5.88 Å². The number of fused-ring (bicyclic) bond motifs is 1. The molecule has 2 aromatic rings. The van der Waals surface area contributed by atoms with Crippen LogP contribution in [0.4, 0.5) is 5.69 Å². The number of hydrogen-bond donors (Lipinski definition) is 3. The van der Waals surface area contributed by atoms with Crippen molar-refractivity contribution in [3.63, 3.8) is 0 Å². The molecule has 1 amide bonds. The van der Waals surface area contributed by atoms with E-state index in [0.717, 1.165) is 11.3 Å². The molecule has 0 saturated heterocycles. The number of aromatic nitrogens is 2. The summed E-state index contributed by atoms with van der Waals surface area (Å²) in [5, 5.41) is 21.2. The molecule has 0 saturated carbocycles. The van der Waals surface area contributed by atoms with E-state index >= 15 is 0 Å². The number of nitrogens with one attached hydrogen (secondary N) is 2. The standard InChI is InChI=1S/C15H15N5O2S/c1-9(21)16-6-7-20-14(22)13(17-15(20)23)8-12-10-4-2-3-5-11(10)18-19-12/h2-5,8,22H,6-7H2,1H3,(H,16,21)(H,17,23)/b12-8-. The minimum atomic E-state index is -0.128. The van der Waals surface area contributed by atoms with Gasteiger partial charge in [0.15, 0.2) is 4.77 Å². The zero-order valence-electron chi connectivity index (χ0n) is 12.4. The first-order chi connectivity index (χ1) is 11.1. The highest BCUT2D eigenvalue weighted by Crippen LogP contribution is 2.36. The third-order valence-electron chi connectivity index (χ3n) is 3.42. The van der Waals surface area contributed by atoms with Gasteiger partial charge in [0, 0.05) is 25.6 Å². The second-order valence-corrected chi connectivity index (χ2v) is 5.44. The first-order valence-corrected chi connectivity index (χ1v) is 7.46. The molecule has 0 unspecified atom stereocenters. The summed E-state index contributed by atoms with van der Waals surface area (Å²) in [5.41, 5.74) is 2.81. The van der Waals surface area contributed by atoms with E-state index in [1.165, 1.54) is 11.5 Å². The van der Waals surface area contributed by atoms with Crippen LogP contribution >= 0.6 is 12.2 Å². The lowest BCUT2D eigenvalue weighted by Crippen LogP contribution is -2.24. The molecule has 7 nitrogen and oxygen atoms in total. The fourth-order valence-corrected chi connectivity index (χ4v) is 2.60. The summed E-state index contributed by atoms with van der Waals surface area (Å²) < 4.78 is 1.90. The van der Waals surface area contributed by atoms with E-state index < -0.39 is 0 Å². The third kappa shape index (κ3) is 3.07. The van der Waals surface area contributed by atoms with Gasteiger partial charge in [0.1, 0.15) is 5.69 Å². The Morgan fingerprint density at radius 1 is 1.43 bits per heavy atom. The Balaban J connectivity index is 1.88. The number of imidazole rings is 1. The van der Waals surface area contributed by atoms with Crippen LogP contribution in [0.1, 0.15) is 18.2 Å². The molecule has 0 aliphatic carbocycles. The van der Waals surface area contributed by atoms with Gasteiger partial charge in [-0.05, 0) is 24.4 Å². The Morgan fingerprint density at radius 3 is 3.00 bits per heavy atom. The molecule has 1 aliphatic rings. The highest BCUT2D eigenvalue weighted by atomic mass is 32.1. The molecule has 0 atom stereocenters. The summed E-state index contributed by atoms with van der Waals surface area (Å²) in [4.78, 5) is 13.9. The van der Waals surface area contributed by atoms with Crippen molar-refractivity contribution in [3.8, 4) is 5.88 Å². The average Bonchev–Trinajstić information content (AvgIpc) is 3.04. The Kier molecular flexibility index (Phi) is 4.07. The van der Waals surface area contributed by atoms with E-state index in [4.69, 9.17) is 12.2 Å². The molecular formula is C15H15N5O2S. The van der Waals surface area contributed by atoms with Gasteiger partial charge in [-0.2, -0.15) is 0 Å². The van der Waals surface area contributed by atoms with Crippen molar-refractivity contribution in [1.82, 2.24) is 14.9 Å². The summed E-state index contributed by atoms with van der Waals surface area (Å²) in [6, 6.07) is 7.59. The van der Waals surface area contributed by atoms with Gasteiger partial charge >= 0.3 is 0 Å². The van der Waals surface area contributed by atoms with Crippen LogP contribution in [0.15, 0.2) is 34.5 Å². The lowest BCUT2D eigenvalue weighted by atomic mass is 10.1. The van der Waals surface area contributed by atoms with Crippen LogP contribution in [0.25, 0.3) is 11.8 Å². The molecule has 8 heteroatoms. The normalized spacial score (nSPS) is 14.2. The zero-order valence-corrected chi connectivity index (χ0v) is 13.2. The first-order valence-electron chi connectivity index (χ1n) is 7.05. The molecule has 1 aromatic heterocycles. The lowest BCUT2D eigenvalue weighted by Gasteiger charge is -2.04. The fraction of sp³-hybridized carbons (Fsp3) is 0.200. The summed E-state index contributed by atoms with van der Waals surface area (Å²) in [6.07, 6.45) is 1.70. The number of H-pyrrole nitrogens is 1. The van der Waals surface area contributed by atoms with Gasteiger partial charge in [-0.25, -0.2) is 0 Å². The highest BCUT2D eigenvalue weighted by molar-refractivity contribution is 7.71. The molecule has 118 valence electrons. The number of azo groups is 1. The molecule has 0 fully saturated rings. The van der Waals surface area contributed by atoms with Crippen LogP contribution in [0, 0.1) is 4.77 Å². The van der Waals surface area contributed by atoms with Gasteiger partial charge in [-0.1, -0.05) is 18.2 Å².